The van der Waals surface area contributed by atoms with Gasteiger partial charge in [0.25, 0.3) is 0 Å². The zero-order valence-electron chi connectivity index (χ0n) is 17.5. The van der Waals surface area contributed by atoms with Gasteiger partial charge in [0.15, 0.2) is 11.5 Å². The molecule has 9 heteroatoms. The third kappa shape index (κ3) is 4.25. The number of ether oxygens (including phenoxy) is 2. The molecule has 0 radical (unpaired) electrons. The molecule has 1 fully saturated rings. The molecule has 0 atom stereocenters. The summed E-state index contributed by atoms with van der Waals surface area (Å²) in [4.78, 5) is 22.3. The van der Waals surface area contributed by atoms with Crippen molar-refractivity contribution in [3.8, 4) is 11.5 Å². The van der Waals surface area contributed by atoms with Crippen molar-refractivity contribution < 1.29 is 19.4 Å². The van der Waals surface area contributed by atoms with E-state index in [-0.39, 0.29) is 11.6 Å². The average molecular weight is 423 g/mol. The molecule has 0 saturated carbocycles. The van der Waals surface area contributed by atoms with E-state index in [1.807, 2.05) is 6.07 Å². The topological polar surface area (TPSA) is 123 Å². The van der Waals surface area contributed by atoms with Crippen LogP contribution in [-0.2, 0) is 0 Å². The summed E-state index contributed by atoms with van der Waals surface area (Å²) in [6.45, 7) is 1.56. The number of nitrogen functional groups attached to an aromatic ring is 1. The number of anilines is 3. The van der Waals surface area contributed by atoms with Gasteiger partial charge in [-0.2, -0.15) is 4.98 Å². The quantitative estimate of drug-likeness (QED) is 0.549. The lowest BCUT2D eigenvalue weighted by Crippen LogP contribution is -2.40. The summed E-state index contributed by atoms with van der Waals surface area (Å²) in [5.41, 5.74) is 8.11. The van der Waals surface area contributed by atoms with Gasteiger partial charge in [-0.15, -0.1) is 0 Å². The number of benzene rings is 2. The second kappa shape index (κ2) is 8.55. The fourth-order valence-corrected chi connectivity index (χ4v) is 3.78. The van der Waals surface area contributed by atoms with Gasteiger partial charge in [0.05, 0.1) is 25.3 Å². The van der Waals surface area contributed by atoms with Crippen LogP contribution >= 0.6 is 0 Å². The summed E-state index contributed by atoms with van der Waals surface area (Å²) in [6.07, 6.45) is 1.79. The Bertz CT molecular complexity index is 1100. The Labute approximate surface area is 179 Å². The average Bonchev–Trinajstić information content (AvgIpc) is 2.79. The number of rotatable bonds is 6. The molecule has 0 unspecified atom stereocenters. The first-order valence-corrected chi connectivity index (χ1v) is 10.0. The van der Waals surface area contributed by atoms with Crippen LogP contribution in [0.15, 0.2) is 36.4 Å². The van der Waals surface area contributed by atoms with E-state index in [0.717, 1.165) is 37.0 Å². The largest absolute Gasteiger partial charge is 0.493 e. The van der Waals surface area contributed by atoms with Crippen molar-refractivity contribution in [1.29, 1.82) is 0 Å². The molecular weight excluding hydrogens is 398 g/mol. The lowest BCUT2D eigenvalue weighted by atomic mass is 10.0. The van der Waals surface area contributed by atoms with Crippen LogP contribution in [0, 0.1) is 0 Å². The fraction of sp³-hybridized carbons (Fsp3) is 0.318. The van der Waals surface area contributed by atoms with Crippen molar-refractivity contribution in [2.24, 2.45) is 0 Å². The number of hydrogen-bond acceptors (Lipinski definition) is 8. The third-order valence-corrected chi connectivity index (χ3v) is 5.50. The predicted octanol–water partition coefficient (Wildman–Crippen LogP) is 3.01. The zero-order valence-corrected chi connectivity index (χ0v) is 17.5. The fourth-order valence-electron chi connectivity index (χ4n) is 3.78. The van der Waals surface area contributed by atoms with Crippen LogP contribution in [0.25, 0.3) is 10.9 Å². The molecule has 1 aromatic heterocycles. The van der Waals surface area contributed by atoms with Gasteiger partial charge >= 0.3 is 5.97 Å². The van der Waals surface area contributed by atoms with Crippen LogP contribution < -0.4 is 25.4 Å². The van der Waals surface area contributed by atoms with Gasteiger partial charge < -0.3 is 30.5 Å². The first-order chi connectivity index (χ1) is 15.0. The Kier molecular flexibility index (Phi) is 5.66. The molecule has 4 rings (SSSR count). The smallest absolute Gasteiger partial charge is 0.335 e. The summed E-state index contributed by atoms with van der Waals surface area (Å²) in [7, 11) is 3.16. The molecule has 2 aromatic carbocycles. The number of fused-ring (bicyclic) bond motifs is 1. The molecule has 1 aliphatic heterocycles. The normalized spacial score (nSPS) is 14.5. The lowest BCUT2D eigenvalue weighted by molar-refractivity contribution is 0.0697. The molecule has 1 saturated heterocycles. The predicted molar refractivity (Wildman–Crippen MR) is 119 cm³/mol. The first-order valence-electron chi connectivity index (χ1n) is 10.0. The number of nitrogens with zero attached hydrogens (tertiary/aromatic N) is 3. The Balaban J connectivity index is 1.46. The highest BCUT2D eigenvalue weighted by molar-refractivity contribution is 5.91. The summed E-state index contributed by atoms with van der Waals surface area (Å²) in [5, 5.41) is 13.2. The van der Waals surface area contributed by atoms with Crippen LogP contribution in [0.5, 0.6) is 11.5 Å². The zero-order chi connectivity index (χ0) is 22.0. The van der Waals surface area contributed by atoms with Crippen LogP contribution in [-0.4, -0.2) is 54.4 Å². The highest BCUT2D eigenvalue weighted by atomic mass is 16.5. The lowest BCUT2D eigenvalue weighted by Gasteiger charge is -2.33. The number of piperidine rings is 1. The van der Waals surface area contributed by atoms with Crippen LogP contribution in [0.3, 0.4) is 0 Å². The van der Waals surface area contributed by atoms with Gasteiger partial charge in [0.1, 0.15) is 5.82 Å². The van der Waals surface area contributed by atoms with Crippen LogP contribution in [0.1, 0.15) is 23.2 Å². The van der Waals surface area contributed by atoms with Crippen LogP contribution in [0.2, 0.25) is 0 Å². The molecule has 0 amide bonds. The summed E-state index contributed by atoms with van der Waals surface area (Å²) >= 11 is 0. The van der Waals surface area contributed by atoms with E-state index in [9.17, 15) is 4.79 Å². The monoisotopic (exact) mass is 423 g/mol. The first kappa shape index (κ1) is 20.5. The number of carbonyl (C=O) groups is 1. The van der Waals surface area contributed by atoms with E-state index >= 15 is 0 Å². The molecule has 1 aliphatic rings. The van der Waals surface area contributed by atoms with Gasteiger partial charge in [-0.05, 0) is 43.2 Å². The molecule has 0 spiro atoms. The number of aromatic carboxylic acids is 1. The van der Waals surface area contributed by atoms with Crippen molar-refractivity contribution in [3.63, 3.8) is 0 Å². The maximum atomic E-state index is 11.0. The van der Waals surface area contributed by atoms with Gasteiger partial charge in [-0.3, -0.25) is 0 Å². The minimum Gasteiger partial charge on any atom is -0.493 e. The van der Waals surface area contributed by atoms with Crippen molar-refractivity contribution in [1.82, 2.24) is 9.97 Å². The minimum atomic E-state index is -0.925. The van der Waals surface area contributed by atoms with E-state index in [1.165, 1.54) is 0 Å². The van der Waals surface area contributed by atoms with Gasteiger partial charge in [0.2, 0.25) is 5.95 Å². The molecule has 0 bridgehead atoms. The molecule has 31 heavy (non-hydrogen) atoms. The Morgan fingerprint density at radius 3 is 2.35 bits per heavy atom. The minimum absolute atomic E-state index is 0.278. The Morgan fingerprint density at radius 2 is 1.74 bits per heavy atom. The van der Waals surface area contributed by atoms with Crippen molar-refractivity contribution in [3.05, 3.63) is 42.0 Å². The van der Waals surface area contributed by atoms with Gasteiger partial charge in [0, 0.05) is 36.3 Å². The second-order valence-electron chi connectivity index (χ2n) is 7.42. The number of methoxy groups -OCH3 is 2. The number of nitrogens with two attached hydrogens (primary N) is 1. The van der Waals surface area contributed by atoms with Gasteiger partial charge in [-0.25, -0.2) is 9.78 Å². The molecule has 9 nitrogen and oxygen atoms in total. The van der Waals surface area contributed by atoms with E-state index < -0.39 is 5.97 Å². The van der Waals surface area contributed by atoms with E-state index in [4.69, 9.17) is 25.3 Å². The summed E-state index contributed by atoms with van der Waals surface area (Å²) < 4.78 is 10.7. The molecule has 162 valence electrons. The maximum Gasteiger partial charge on any atom is 0.335 e. The highest BCUT2D eigenvalue weighted by Crippen LogP contribution is 2.34. The number of carboxylic acids is 1. The highest BCUT2D eigenvalue weighted by Gasteiger charge is 2.22. The van der Waals surface area contributed by atoms with Crippen molar-refractivity contribution >= 4 is 34.3 Å². The number of aromatic nitrogens is 2. The van der Waals surface area contributed by atoms with E-state index in [0.29, 0.717) is 28.8 Å². The molecule has 0 aliphatic carbocycles. The van der Waals surface area contributed by atoms with Crippen molar-refractivity contribution in [2.45, 2.75) is 18.9 Å². The number of hydrogen-bond donors (Lipinski definition) is 3. The third-order valence-electron chi connectivity index (χ3n) is 5.50. The van der Waals surface area contributed by atoms with Gasteiger partial charge in [-0.1, -0.05) is 0 Å². The molecule has 3 aromatic rings. The van der Waals surface area contributed by atoms with Crippen molar-refractivity contribution in [2.75, 3.05) is 43.3 Å². The number of carboxylic acid groups (broad SMARTS) is 1. The maximum absolute atomic E-state index is 11.0. The van der Waals surface area contributed by atoms with E-state index in [2.05, 4.69) is 15.2 Å². The SMILES string of the molecule is COc1cc2nc(N3CCC(Nc4ccc(C(=O)O)cc4)CC3)nc(N)c2cc1OC. The molecule has 4 N–H and O–H groups in total. The molecule has 2 heterocycles. The van der Waals surface area contributed by atoms with E-state index in [1.54, 1.807) is 44.6 Å². The standard InChI is InChI=1S/C22H25N5O4/c1-30-18-11-16-17(12-19(18)31-2)25-22(26-20(16)23)27-9-7-15(8-10-27)24-14-5-3-13(4-6-14)21(28)29/h3-6,11-12,15,24H,7-10H2,1-2H3,(H,28,29)(H2,23,25,26). The molecular formula is C22H25N5O4. The number of nitrogens with one attached hydrogen (secondary N) is 1. The second-order valence-corrected chi connectivity index (χ2v) is 7.42. The summed E-state index contributed by atoms with van der Waals surface area (Å²) in [5.74, 6) is 1.25. The van der Waals surface area contributed by atoms with Crippen LogP contribution in [0.4, 0.5) is 17.5 Å². The Morgan fingerprint density at radius 1 is 1.10 bits per heavy atom. The summed E-state index contributed by atoms with van der Waals surface area (Å²) in [6, 6.07) is 10.7. The Hall–Kier alpha value is -3.75.